The Hall–Kier alpha value is -1.30. The van der Waals surface area contributed by atoms with Crippen LogP contribution in [0.2, 0.25) is 0 Å². The standard InChI is InChI=1S/C16H31N3O3/c1-6-18(5)14(20)12-17-13-8-7-10-19(11-9-13)15(21)22-16(2,3)4/h13,17H,6-12H2,1-5H3. The second kappa shape index (κ2) is 8.36. The highest BCUT2D eigenvalue weighted by molar-refractivity contribution is 5.77. The first-order valence-corrected chi connectivity index (χ1v) is 8.18. The summed E-state index contributed by atoms with van der Waals surface area (Å²) in [7, 11) is 1.81. The minimum atomic E-state index is -0.460. The zero-order valence-corrected chi connectivity index (χ0v) is 14.6. The SMILES string of the molecule is CCN(C)C(=O)CNC1CCCN(C(=O)OC(C)(C)C)CC1. The van der Waals surface area contributed by atoms with Gasteiger partial charge in [0.2, 0.25) is 5.91 Å². The molecule has 2 amide bonds. The third-order valence-corrected chi connectivity index (χ3v) is 3.82. The third kappa shape index (κ3) is 6.64. The molecule has 1 aliphatic heterocycles. The highest BCUT2D eigenvalue weighted by Crippen LogP contribution is 2.15. The van der Waals surface area contributed by atoms with Gasteiger partial charge < -0.3 is 19.9 Å². The first-order valence-electron chi connectivity index (χ1n) is 8.18. The molecular formula is C16H31N3O3. The van der Waals surface area contributed by atoms with E-state index in [-0.39, 0.29) is 18.0 Å². The van der Waals surface area contributed by atoms with E-state index in [1.54, 1.807) is 16.8 Å². The van der Waals surface area contributed by atoms with E-state index in [0.29, 0.717) is 13.1 Å². The van der Waals surface area contributed by atoms with Crippen molar-refractivity contribution in [1.82, 2.24) is 15.1 Å². The van der Waals surface area contributed by atoms with E-state index in [2.05, 4.69) is 5.32 Å². The molecule has 0 aromatic carbocycles. The molecule has 0 bridgehead atoms. The minimum Gasteiger partial charge on any atom is -0.444 e. The van der Waals surface area contributed by atoms with Crippen molar-refractivity contribution >= 4 is 12.0 Å². The van der Waals surface area contributed by atoms with Crippen molar-refractivity contribution in [3.8, 4) is 0 Å². The maximum Gasteiger partial charge on any atom is 0.410 e. The van der Waals surface area contributed by atoms with Gasteiger partial charge in [-0.1, -0.05) is 0 Å². The molecule has 1 rings (SSSR count). The molecular weight excluding hydrogens is 282 g/mol. The third-order valence-electron chi connectivity index (χ3n) is 3.82. The van der Waals surface area contributed by atoms with E-state index in [1.165, 1.54) is 0 Å². The van der Waals surface area contributed by atoms with Gasteiger partial charge in [0.25, 0.3) is 0 Å². The molecule has 1 saturated heterocycles. The van der Waals surface area contributed by atoms with Crippen molar-refractivity contribution in [2.24, 2.45) is 0 Å². The number of carbonyl (C=O) groups is 2. The quantitative estimate of drug-likeness (QED) is 0.860. The number of nitrogens with one attached hydrogen (secondary N) is 1. The number of hydrogen-bond acceptors (Lipinski definition) is 4. The van der Waals surface area contributed by atoms with Crippen LogP contribution in [0.4, 0.5) is 4.79 Å². The molecule has 1 N–H and O–H groups in total. The minimum absolute atomic E-state index is 0.107. The van der Waals surface area contributed by atoms with Crippen LogP contribution < -0.4 is 5.32 Å². The number of ether oxygens (including phenoxy) is 1. The van der Waals surface area contributed by atoms with Gasteiger partial charge in [-0.15, -0.1) is 0 Å². The molecule has 6 nitrogen and oxygen atoms in total. The van der Waals surface area contributed by atoms with Gasteiger partial charge in [0.05, 0.1) is 6.54 Å². The molecule has 1 aliphatic rings. The lowest BCUT2D eigenvalue weighted by atomic mass is 10.1. The van der Waals surface area contributed by atoms with Crippen molar-refractivity contribution in [2.75, 3.05) is 33.2 Å². The van der Waals surface area contributed by atoms with Crippen LogP contribution in [0.1, 0.15) is 47.0 Å². The Bertz CT molecular complexity index is 379. The normalized spacial score (nSPS) is 19.5. The summed E-state index contributed by atoms with van der Waals surface area (Å²) in [5.74, 6) is 0.107. The molecule has 1 atom stereocenters. The molecule has 0 aromatic heterocycles. The number of rotatable bonds is 4. The average molecular weight is 313 g/mol. The highest BCUT2D eigenvalue weighted by atomic mass is 16.6. The molecule has 1 unspecified atom stereocenters. The zero-order chi connectivity index (χ0) is 16.8. The zero-order valence-electron chi connectivity index (χ0n) is 14.6. The van der Waals surface area contributed by atoms with Crippen LogP contribution in [-0.4, -0.2) is 66.7 Å². The van der Waals surface area contributed by atoms with Gasteiger partial charge in [-0.05, 0) is 47.0 Å². The van der Waals surface area contributed by atoms with Gasteiger partial charge in [-0.25, -0.2) is 4.79 Å². The Morgan fingerprint density at radius 2 is 1.95 bits per heavy atom. The van der Waals surface area contributed by atoms with Gasteiger partial charge >= 0.3 is 6.09 Å². The topological polar surface area (TPSA) is 61.9 Å². The Labute approximate surface area is 134 Å². The fourth-order valence-electron chi connectivity index (χ4n) is 2.35. The molecule has 1 heterocycles. The lowest BCUT2D eigenvalue weighted by molar-refractivity contribution is -0.128. The van der Waals surface area contributed by atoms with Crippen molar-refractivity contribution in [3.63, 3.8) is 0 Å². The Kier molecular flexibility index (Phi) is 7.13. The van der Waals surface area contributed by atoms with Crippen molar-refractivity contribution in [3.05, 3.63) is 0 Å². The van der Waals surface area contributed by atoms with Crippen LogP contribution in [0.5, 0.6) is 0 Å². The van der Waals surface area contributed by atoms with E-state index >= 15 is 0 Å². The maximum absolute atomic E-state index is 12.1. The summed E-state index contributed by atoms with van der Waals surface area (Å²) >= 11 is 0. The molecule has 0 radical (unpaired) electrons. The number of likely N-dealkylation sites (tertiary alicyclic amines) is 1. The Morgan fingerprint density at radius 3 is 2.55 bits per heavy atom. The summed E-state index contributed by atoms with van der Waals surface area (Å²) in [6, 6.07) is 0.279. The van der Waals surface area contributed by atoms with Gasteiger partial charge in [-0.2, -0.15) is 0 Å². The average Bonchev–Trinajstić information content (AvgIpc) is 2.67. The van der Waals surface area contributed by atoms with E-state index in [0.717, 1.165) is 32.4 Å². The fraction of sp³-hybridized carbons (Fsp3) is 0.875. The number of likely N-dealkylation sites (N-methyl/N-ethyl adjacent to an activating group) is 1. The van der Waals surface area contributed by atoms with Crippen LogP contribution in [-0.2, 0) is 9.53 Å². The van der Waals surface area contributed by atoms with Gasteiger partial charge in [0.1, 0.15) is 5.60 Å². The molecule has 1 fully saturated rings. The number of amides is 2. The van der Waals surface area contributed by atoms with Crippen LogP contribution in [0, 0.1) is 0 Å². The highest BCUT2D eigenvalue weighted by Gasteiger charge is 2.25. The summed E-state index contributed by atoms with van der Waals surface area (Å²) < 4.78 is 5.42. The predicted octanol–water partition coefficient (Wildman–Crippen LogP) is 1.84. The Morgan fingerprint density at radius 1 is 1.27 bits per heavy atom. The Balaban J connectivity index is 2.39. The molecule has 0 spiro atoms. The van der Waals surface area contributed by atoms with Crippen molar-refractivity contribution < 1.29 is 14.3 Å². The second-order valence-electron chi connectivity index (χ2n) is 6.88. The lowest BCUT2D eigenvalue weighted by Gasteiger charge is -2.26. The van der Waals surface area contributed by atoms with Crippen LogP contribution in [0.25, 0.3) is 0 Å². The number of carbonyl (C=O) groups excluding carboxylic acids is 2. The van der Waals surface area contributed by atoms with Gasteiger partial charge in [-0.3, -0.25) is 4.79 Å². The molecule has 0 aromatic rings. The van der Waals surface area contributed by atoms with Crippen molar-refractivity contribution in [2.45, 2.75) is 58.6 Å². The van der Waals surface area contributed by atoms with Crippen LogP contribution >= 0.6 is 0 Å². The monoisotopic (exact) mass is 313 g/mol. The summed E-state index contributed by atoms with van der Waals surface area (Å²) in [5, 5.41) is 3.31. The van der Waals surface area contributed by atoms with E-state index < -0.39 is 5.60 Å². The van der Waals surface area contributed by atoms with Crippen molar-refractivity contribution in [1.29, 1.82) is 0 Å². The summed E-state index contributed by atoms with van der Waals surface area (Å²) in [4.78, 5) is 27.4. The molecule has 6 heteroatoms. The summed E-state index contributed by atoms with van der Waals surface area (Å²) in [6.45, 7) is 10.1. The number of nitrogens with zero attached hydrogens (tertiary/aromatic N) is 2. The fourth-order valence-corrected chi connectivity index (χ4v) is 2.35. The predicted molar refractivity (Wildman–Crippen MR) is 86.8 cm³/mol. The molecule has 22 heavy (non-hydrogen) atoms. The van der Waals surface area contributed by atoms with Gasteiger partial charge in [0, 0.05) is 32.7 Å². The van der Waals surface area contributed by atoms with Gasteiger partial charge in [0.15, 0.2) is 0 Å². The number of hydrogen-bond donors (Lipinski definition) is 1. The van der Waals surface area contributed by atoms with E-state index in [9.17, 15) is 9.59 Å². The molecule has 0 aliphatic carbocycles. The van der Waals surface area contributed by atoms with E-state index in [4.69, 9.17) is 4.74 Å². The largest absolute Gasteiger partial charge is 0.444 e. The lowest BCUT2D eigenvalue weighted by Crippen LogP contribution is -2.41. The smallest absolute Gasteiger partial charge is 0.410 e. The van der Waals surface area contributed by atoms with E-state index in [1.807, 2.05) is 27.7 Å². The first-order chi connectivity index (χ1) is 10.2. The first kappa shape index (κ1) is 18.7. The molecule has 0 saturated carbocycles. The molecule has 128 valence electrons. The second-order valence-corrected chi connectivity index (χ2v) is 6.88. The van der Waals surface area contributed by atoms with Crippen LogP contribution in [0.3, 0.4) is 0 Å². The summed E-state index contributed by atoms with van der Waals surface area (Å²) in [6.07, 6.45) is 2.51. The summed E-state index contributed by atoms with van der Waals surface area (Å²) in [5.41, 5.74) is -0.460. The van der Waals surface area contributed by atoms with Crippen LogP contribution in [0.15, 0.2) is 0 Å². The maximum atomic E-state index is 12.1.